The first kappa shape index (κ1) is 31.2. The van der Waals surface area contributed by atoms with Gasteiger partial charge in [-0.3, -0.25) is 4.79 Å². The van der Waals surface area contributed by atoms with E-state index in [1.807, 2.05) is 0 Å². The van der Waals surface area contributed by atoms with Crippen molar-refractivity contribution in [3.8, 4) is 0 Å². The number of carbonyl (C=O) groups is 1. The van der Waals surface area contributed by atoms with Crippen molar-refractivity contribution in [3.63, 3.8) is 0 Å². The zero-order valence-electron chi connectivity index (χ0n) is 23.7. The fourth-order valence-corrected chi connectivity index (χ4v) is 4.36. The predicted octanol–water partition coefficient (Wildman–Crippen LogP) is 9.36. The van der Waals surface area contributed by atoms with Crippen molar-refractivity contribution < 1.29 is 14.6 Å². The Labute approximate surface area is 216 Å². The Morgan fingerprint density at radius 3 is 2.43 bits per heavy atom. The van der Waals surface area contributed by atoms with Crippen LogP contribution in [0.5, 0.6) is 0 Å². The van der Waals surface area contributed by atoms with Gasteiger partial charge in [-0.15, -0.1) is 5.73 Å². The molecule has 0 spiro atoms. The number of hydrogen-bond donors (Lipinski definition) is 1. The Hall–Kier alpha value is -1.83. The van der Waals surface area contributed by atoms with Crippen LogP contribution >= 0.6 is 0 Å². The Balaban J connectivity index is 2.33. The Bertz CT molecular complexity index is 805. The van der Waals surface area contributed by atoms with Crippen molar-refractivity contribution in [1.29, 1.82) is 0 Å². The summed E-state index contributed by atoms with van der Waals surface area (Å²) in [6.45, 7) is 16.0. The van der Waals surface area contributed by atoms with Crippen molar-refractivity contribution in [1.82, 2.24) is 0 Å². The van der Waals surface area contributed by atoms with E-state index >= 15 is 0 Å². The highest BCUT2D eigenvalue weighted by atomic mass is 16.5. The largest absolute Gasteiger partial charge is 0.481 e. The molecule has 0 aromatic rings. The number of aliphatic carboxylic acids is 1. The normalized spacial score (nSPS) is 18.6. The van der Waals surface area contributed by atoms with Gasteiger partial charge in [0.15, 0.2) is 0 Å². The predicted molar refractivity (Wildman–Crippen MR) is 150 cm³/mol. The average molecular weight is 485 g/mol. The summed E-state index contributed by atoms with van der Waals surface area (Å²) in [6, 6.07) is 0. The van der Waals surface area contributed by atoms with Crippen LogP contribution in [0.4, 0.5) is 0 Å². The van der Waals surface area contributed by atoms with Gasteiger partial charge in [-0.2, -0.15) is 0 Å². The third-order valence-corrected chi connectivity index (χ3v) is 7.31. The second-order valence-corrected chi connectivity index (χ2v) is 10.8. The highest BCUT2D eigenvalue weighted by molar-refractivity contribution is 5.69. The number of unbranched alkanes of at least 4 members (excludes halogenated alkanes) is 1. The van der Waals surface area contributed by atoms with E-state index in [0.29, 0.717) is 5.92 Å². The third kappa shape index (κ3) is 13.2. The minimum Gasteiger partial charge on any atom is -0.481 e. The van der Waals surface area contributed by atoms with Crippen molar-refractivity contribution in [2.75, 3.05) is 6.61 Å². The smallest absolute Gasteiger partial charge is 0.306 e. The van der Waals surface area contributed by atoms with Crippen molar-refractivity contribution in [3.05, 3.63) is 51.8 Å². The summed E-state index contributed by atoms with van der Waals surface area (Å²) >= 11 is 0. The number of carboxylic acids is 1. The molecular weight excluding hydrogens is 432 g/mol. The lowest BCUT2D eigenvalue weighted by Crippen LogP contribution is -2.21. The SMILES string of the molecule is CCCCOC1C(CCC(C)CCCC(C)=CCCC(C)=CCCC(C)C(=O)O)=C=CC(C)=C1C. The molecular formula is C32H52O3. The van der Waals surface area contributed by atoms with Gasteiger partial charge in [-0.25, -0.2) is 0 Å². The molecule has 35 heavy (non-hydrogen) atoms. The molecule has 3 nitrogen and oxygen atoms in total. The summed E-state index contributed by atoms with van der Waals surface area (Å²) in [5.74, 6) is -0.251. The van der Waals surface area contributed by atoms with Gasteiger partial charge in [0, 0.05) is 12.2 Å². The molecule has 1 aliphatic carbocycles. The van der Waals surface area contributed by atoms with Crippen molar-refractivity contribution in [2.45, 2.75) is 125 Å². The molecule has 1 N–H and O–H groups in total. The Kier molecular flexibility index (Phi) is 15.7. The minimum absolute atomic E-state index is 0.127. The molecule has 0 fully saturated rings. The summed E-state index contributed by atoms with van der Waals surface area (Å²) in [4.78, 5) is 10.9. The van der Waals surface area contributed by atoms with Crippen LogP contribution in [0.15, 0.2) is 51.8 Å². The number of carboxylic acid groups (broad SMARTS) is 1. The van der Waals surface area contributed by atoms with E-state index < -0.39 is 5.97 Å². The highest BCUT2D eigenvalue weighted by Gasteiger charge is 2.21. The molecule has 3 heteroatoms. The van der Waals surface area contributed by atoms with E-state index in [9.17, 15) is 4.79 Å². The number of hydrogen-bond acceptors (Lipinski definition) is 2. The zero-order valence-corrected chi connectivity index (χ0v) is 23.7. The molecule has 0 aliphatic heterocycles. The third-order valence-electron chi connectivity index (χ3n) is 7.31. The van der Waals surface area contributed by atoms with Gasteiger partial charge in [0.1, 0.15) is 6.10 Å². The molecule has 3 unspecified atom stereocenters. The van der Waals surface area contributed by atoms with E-state index in [2.05, 4.69) is 65.5 Å². The standard InChI is InChI=1S/C32H52O3/c1-8-9-23-35-31-29(7)27(5)20-22-30(31)21-19-26(4)16-11-15-24(2)13-10-14-25(3)17-12-18-28(6)32(33)34/h13,17,20,26,28,31H,8-12,14-16,18-19,21,23H2,1-7H3,(H,33,34). The van der Waals surface area contributed by atoms with Crippen LogP contribution in [-0.2, 0) is 9.53 Å². The van der Waals surface area contributed by atoms with Crippen molar-refractivity contribution >= 4 is 5.97 Å². The van der Waals surface area contributed by atoms with E-state index in [1.165, 1.54) is 60.0 Å². The van der Waals surface area contributed by atoms with Crippen LogP contribution in [-0.4, -0.2) is 23.8 Å². The van der Waals surface area contributed by atoms with Gasteiger partial charge < -0.3 is 9.84 Å². The monoisotopic (exact) mass is 484 g/mol. The first-order valence-corrected chi connectivity index (χ1v) is 13.9. The summed E-state index contributed by atoms with van der Waals surface area (Å²) in [7, 11) is 0. The van der Waals surface area contributed by atoms with Crippen LogP contribution < -0.4 is 0 Å². The molecule has 1 aliphatic rings. The molecule has 0 heterocycles. The second kappa shape index (κ2) is 17.6. The van der Waals surface area contributed by atoms with Gasteiger partial charge in [0.2, 0.25) is 0 Å². The molecule has 0 aromatic heterocycles. The Morgan fingerprint density at radius 2 is 1.74 bits per heavy atom. The van der Waals surface area contributed by atoms with E-state index in [4.69, 9.17) is 9.84 Å². The number of ether oxygens (including phenoxy) is 1. The first-order valence-electron chi connectivity index (χ1n) is 13.9. The number of rotatable bonds is 18. The fourth-order valence-electron chi connectivity index (χ4n) is 4.36. The molecule has 0 bridgehead atoms. The highest BCUT2D eigenvalue weighted by Crippen LogP contribution is 2.28. The Morgan fingerprint density at radius 1 is 1.06 bits per heavy atom. The molecule has 0 saturated carbocycles. The average Bonchev–Trinajstić information content (AvgIpc) is 2.81. The second-order valence-electron chi connectivity index (χ2n) is 10.8. The molecule has 3 atom stereocenters. The lowest BCUT2D eigenvalue weighted by Gasteiger charge is -2.25. The van der Waals surface area contributed by atoms with Gasteiger partial charge in [0.25, 0.3) is 0 Å². The quantitative estimate of drug-likeness (QED) is 0.120. The van der Waals surface area contributed by atoms with Gasteiger partial charge in [-0.05, 0) is 109 Å². The van der Waals surface area contributed by atoms with Gasteiger partial charge in [0.05, 0.1) is 5.92 Å². The first-order chi connectivity index (χ1) is 16.6. The van der Waals surface area contributed by atoms with Crippen LogP contribution in [0.1, 0.15) is 119 Å². The fraction of sp³-hybridized carbons (Fsp3) is 0.688. The van der Waals surface area contributed by atoms with E-state index in [0.717, 1.165) is 45.1 Å². The van der Waals surface area contributed by atoms with Crippen LogP contribution in [0.3, 0.4) is 0 Å². The lowest BCUT2D eigenvalue weighted by molar-refractivity contribution is -0.141. The molecule has 0 amide bonds. The van der Waals surface area contributed by atoms with Gasteiger partial charge >= 0.3 is 5.97 Å². The van der Waals surface area contributed by atoms with Crippen LogP contribution in [0, 0.1) is 11.8 Å². The minimum atomic E-state index is -0.699. The maximum Gasteiger partial charge on any atom is 0.306 e. The van der Waals surface area contributed by atoms with Crippen LogP contribution in [0.2, 0.25) is 0 Å². The maximum atomic E-state index is 10.9. The van der Waals surface area contributed by atoms with Crippen molar-refractivity contribution in [2.24, 2.45) is 11.8 Å². The maximum absolute atomic E-state index is 10.9. The summed E-state index contributed by atoms with van der Waals surface area (Å²) in [5, 5.41) is 8.97. The number of allylic oxidation sites excluding steroid dienone is 5. The lowest BCUT2D eigenvalue weighted by atomic mass is 9.88. The molecule has 1 rings (SSSR count). The van der Waals surface area contributed by atoms with E-state index in [1.54, 1.807) is 6.92 Å². The van der Waals surface area contributed by atoms with E-state index in [-0.39, 0.29) is 12.0 Å². The van der Waals surface area contributed by atoms with Gasteiger partial charge in [-0.1, -0.05) is 56.9 Å². The molecule has 0 aromatic carbocycles. The molecule has 0 radical (unpaired) electrons. The zero-order chi connectivity index (χ0) is 26.2. The summed E-state index contributed by atoms with van der Waals surface area (Å²) < 4.78 is 6.25. The summed E-state index contributed by atoms with van der Waals surface area (Å²) in [6.07, 6.45) is 18.8. The molecule has 0 saturated heterocycles. The topological polar surface area (TPSA) is 46.5 Å². The van der Waals surface area contributed by atoms with Crippen LogP contribution in [0.25, 0.3) is 0 Å². The molecule has 198 valence electrons. The summed E-state index contributed by atoms with van der Waals surface area (Å²) in [5.41, 5.74) is 10.4.